The van der Waals surface area contributed by atoms with Crippen molar-refractivity contribution in [1.82, 2.24) is 4.90 Å². The highest BCUT2D eigenvalue weighted by Gasteiger charge is 2.35. The lowest BCUT2D eigenvalue weighted by Crippen LogP contribution is -2.42. The molecule has 0 radical (unpaired) electrons. The number of benzene rings is 1. The molecule has 3 rings (SSSR count). The van der Waals surface area contributed by atoms with E-state index in [4.69, 9.17) is 9.47 Å². The van der Waals surface area contributed by atoms with Crippen LogP contribution in [0.25, 0.3) is 0 Å². The molecule has 2 amide bonds. The zero-order valence-electron chi connectivity index (χ0n) is 17.0. The lowest BCUT2D eigenvalue weighted by Gasteiger charge is -2.23. The predicted octanol–water partition coefficient (Wildman–Crippen LogP) is 4.57. The molecule has 1 aromatic carbocycles. The van der Waals surface area contributed by atoms with Gasteiger partial charge in [0, 0.05) is 18.3 Å². The number of anilines is 1. The number of thiophene rings is 1. The summed E-state index contributed by atoms with van der Waals surface area (Å²) in [4.78, 5) is 28.0. The van der Waals surface area contributed by atoms with Crippen LogP contribution in [0.15, 0.2) is 35.7 Å². The minimum absolute atomic E-state index is 0.0760. The number of nitrogens with zero attached hydrogens (tertiary/aromatic N) is 1. The SMILES string of the molecule is CCCOc1ccc(NC(=O)C2CCCN2C(=O)c2cccs2)cc1OCCC. The first kappa shape index (κ1) is 21.2. The van der Waals surface area contributed by atoms with E-state index in [0.29, 0.717) is 48.2 Å². The van der Waals surface area contributed by atoms with Crippen LogP contribution in [0.1, 0.15) is 49.2 Å². The molecule has 0 bridgehead atoms. The Morgan fingerprint density at radius 3 is 2.59 bits per heavy atom. The Balaban J connectivity index is 1.71. The molecule has 1 fully saturated rings. The molecule has 29 heavy (non-hydrogen) atoms. The lowest BCUT2D eigenvalue weighted by atomic mass is 10.2. The van der Waals surface area contributed by atoms with Gasteiger partial charge in [0.1, 0.15) is 6.04 Å². The van der Waals surface area contributed by atoms with Crippen LogP contribution < -0.4 is 14.8 Å². The molecule has 2 aromatic rings. The fourth-order valence-electron chi connectivity index (χ4n) is 3.29. The summed E-state index contributed by atoms with van der Waals surface area (Å²) in [5.41, 5.74) is 0.639. The van der Waals surface area contributed by atoms with Gasteiger partial charge in [0.2, 0.25) is 5.91 Å². The van der Waals surface area contributed by atoms with Gasteiger partial charge in [-0.2, -0.15) is 0 Å². The van der Waals surface area contributed by atoms with Crippen molar-refractivity contribution in [1.29, 1.82) is 0 Å². The first-order valence-electron chi connectivity index (χ1n) is 10.2. The minimum Gasteiger partial charge on any atom is -0.490 e. The average Bonchev–Trinajstić information content (AvgIpc) is 3.43. The molecule has 1 aromatic heterocycles. The number of carbonyl (C=O) groups is 2. The summed E-state index contributed by atoms with van der Waals surface area (Å²) in [5.74, 6) is 1.05. The molecule has 1 N–H and O–H groups in total. The third-order valence-corrected chi connectivity index (χ3v) is 5.54. The van der Waals surface area contributed by atoms with Crippen molar-refractivity contribution in [3.8, 4) is 11.5 Å². The summed E-state index contributed by atoms with van der Waals surface area (Å²) in [6, 6.07) is 8.61. The van der Waals surface area contributed by atoms with Gasteiger partial charge in [0.05, 0.1) is 18.1 Å². The van der Waals surface area contributed by atoms with Gasteiger partial charge in [-0.1, -0.05) is 19.9 Å². The molecule has 2 heterocycles. The highest BCUT2D eigenvalue weighted by atomic mass is 32.1. The van der Waals surface area contributed by atoms with Crippen LogP contribution in [-0.4, -0.2) is 42.5 Å². The Labute approximate surface area is 175 Å². The molecule has 0 spiro atoms. The Morgan fingerprint density at radius 2 is 1.90 bits per heavy atom. The monoisotopic (exact) mass is 416 g/mol. The van der Waals surface area contributed by atoms with Crippen molar-refractivity contribution < 1.29 is 19.1 Å². The summed E-state index contributed by atoms with van der Waals surface area (Å²) >= 11 is 1.40. The molecule has 1 saturated heterocycles. The summed E-state index contributed by atoms with van der Waals surface area (Å²) < 4.78 is 11.5. The average molecular weight is 417 g/mol. The van der Waals surface area contributed by atoms with E-state index in [2.05, 4.69) is 5.32 Å². The maximum absolute atomic E-state index is 12.9. The maximum atomic E-state index is 12.9. The summed E-state index contributed by atoms with van der Waals surface area (Å²) in [6.07, 6.45) is 3.27. The van der Waals surface area contributed by atoms with Crippen molar-refractivity contribution in [3.63, 3.8) is 0 Å². The fraction of sp³-hybridized carbons (Fsp3) is 0.455. The molecule has 7 heteroatoms. The number of carbonyl (C=O) groups excluding carboxylic acids is 2. The number of ether oxygens (including phenoxy) is 2. The topological polar surface area (TPSA) is 67.9 Å². The van der Waals surface area contributed by atoms with E-state index in [1.165, 1.54) is 11.3 Å². The smallest absolute Gasteiger partial charge is 0.264 e. The van der Waals surface area contributed by atoms with E-state index in [-0.39, 0.29) is 11.8 Å². The van der Waals surface area contributed by atoms with Gasteiger partial charge in [-0.15, -0.1) is 11.3 Å². The number of hydrogen-bond acceptors (Lipinski definition) is 5. The van der Waals surface area contributed by atoms with Gasteiger partial charge in [0.25, 0.3) is 5.91 Å². The summed E-state index contributed by atoms with van der Waals surface area (Å²) in [5, 5.41) is 4.82. The van der Waals surface area contributed by atoms with Crippen molar-refractivity contribution in [3.05, 3.63) is 40.6 Å². The number of nitrogens with one attached hydrogen (secondary N) is 1. The third kappa shape index (κ3) is 5.29. The molecular weight excluding hydrogens is 388 g/mol. The summed E-state index contributed by atoms with van der Waals surface area (Å²) in [7, 11) is 0. The third-order valence-electron chi connectivity index (χ3n) is 4.68. The van der Waals surface area contributed by atoms with Crippen LogP contribution in [0, 0.1) is 0 Å². The van der Waals surface area contributed by atoms with E-state index in [0.717, 1.165) is 19.3 Å². The molecule has 6 nitrogen and oxygen atoms in total. The second-order valence-electron chi connectivity index (χ2n) is 6.98. The number of rotatable bonds is 9. The molecule has 1 aliphatic rings. The first-order chi connectivity index (χ1) is 14.1. The van der Waals surface area contributed by atoms with E-state index in [9.17, 15) is 9.59 Å². The van der Waals surface area contributed by atoms with Crippen LogP contribution in [0.5, 0.6) is 11.5 Å². The largest absolute Gasteiger partial charge is 0.490 e. The number of hydrogen-bond donors (Lipinski definition) is 1. The predicted molar refractivity (Wildman–Crippen MR) is 115 cm³/mol. The van der Waals surface area contributed by atoms with Gasteiger partial charge in [-0.25, -0.2) is 0 Å². The second-order valence-corrected chi connectivity index (χ2v) is 7.93. The van der Waals surface area contributed by atoms with Crippen molar-refractivity contribution >= 4 is 28.8 Å². The second kappa shape index (κ2) is 10.3. The highest BCUT2D eigenvalue weighted by molar-refractivity contribution is 7.12. The maximum Gasteiger partial charge on any atom is 0.264 e. The molecule has 0 saturated carbocycles. The van der Waals surface area contributed by atoms with Crippen LogP contribution in [0.4, 0.5) is 5.69 Å². The Kier molecular flexibility index (Phi) is 7.52. The van der Waals surface area contributed by atoms with E-state index in [1.807, 2.05) is 37.4 Å². The highest BCUT2D eigenvalue weighted by Crippen LogP contribution is 2.31. The van der Waals surface area contributed by atoms with Gasteiger partial charge in [0.15, 0.2) is 11.5 Å². The summed E-state index contributed by atoms with van der Waals surface area (Å²) in [6.45, 7) is 5.87. The van der Waals surface area contributed by atoms with E-state index < -0.39 is 6.04 Å². The van der Waals surface area contributed by atoms with E-state index >= 15 is 0 Å². The van der Waals surface area contributed by atoms with Crippen LogP contribution >= 0.6 is 11.3 Å². The molecular formula is C22H28N2O4S. The standard InChI is InChI=1S/C22H28N2O4S/c1-3-12-27-18-10-9-16(15-19(18)28-13-4-2)23-21(25)17-7-5-11-24(17)22(26)20-8-6-14-29-20/h6,8-10,14-15,17H,3-5,7,11-13H2,1-2H3,(H,23,25). The van der Waals surface area contributed by atoms with Crippen LogP contribution in [-0.2, 0) is 4.79 Å². The van der Waals surface area contributed by atoms with E-state index in [1.54, 1.807) is 17.0 Å². The number of amides is 2. The zero-order valence-corrected chi connectivity index (χ0v) is 17.8. The van der Waals surface area contributed by atoms with Gasteiger partial charge in [-0.3, -0.25) is 9.59 Å². The number of likely N-dealkylation sites (tertiary alicyclic amines) is 1. The normalized spacial score (nSPS) is 15.9. The zero-order chi connectivity index (χ0) is 20.6. The minimum atomic E-state index is -0.458. The van der Waals surface area contributed by atoms with Gasteiger partial charge >= 0.3 is 0 Å². The quantitative estimate of drug-likeness (QED) is 0.650. The van der Waals surface area contributed by atoms with Gasteiger partial charge in [-0.05, 0) is 49.3 Å². The molecule has 1 atom stereocenters. The molecule has 1 unspecified atom stereocenters. The Morgan fingerprint density at radius 1 is 1.14 bits per heavy atom. The molecule has 1 aliphatic heterocycles. The fourth-order valence-corrected chi connectivity index (χ4v) is 3.97. The van der Waals surface area contributed by atoms with Crippen molar-refractivity contribution in [2.24, 2.45) is 0 Å². The van der Waals surface area contributed by atoms with Crippen molar-refractivity contribution in [2.45, 2.75) is 45.6 Å². The Bertz CT molecular complexity index is 822. The molecule has 0 aliphatic carbocycles. The lowest BCUT2D eigenvalue weighted by molar-refractivity contribution is -0.119. The molecule has 156 valence electrons. The van der Waals surface area contributed by atoms with Crippen LogP contribution in [0.3, 0.4) is 0 Å². The Hall–Kier alpha value is -2.54. The van der Waals surface area contributed by atoms with Gasteiger partial charge < -0.3 is 19.7 Å². The van der Waals surface area contributed by atoms with Crippen molar-refractivity contribution in [2.75, 3.05) is 25.1 Å². The van der Waals surface area contributed by atoms with Crippen LogP contribution in [0.2, 0.25) is 0 Å². The first-order valence-corrected chi connectivity index (χ1v) is 11.1.